The Labute approximate surface area is 332 Å². The lowest BCUT2D eigenvalue weighted by Crippen LogP contribution is -2.64. The van der Waals surface area contributed by atoms with Crippen LogP contribution in [-0.4, -0.2) is 112 Å². The van der Waals surface area contributed by atoms with E-state index in [-0.39, 0.29) is 47.2 Å². The summed E-state index contributed by atoms with van der Waals surface area (Å²) < 4.78 is 54.4. The molecule has 2 aliphatic heterocycles. The molecule has 57 heavy (non-hydrogen) atoms. The van der Waals surface area contributed by atoms with Crippen LogP contribution in [0.3, 0.4) is 0 Å². The number of sulfonamides is 1. The first-order chi connectivity index (χ1) is 26.4. The Bertz CT molecular complexity index is 2130. The number of aromatic nitrogens is 3. The number of carbonyl (C=O) groups is 5. The molecule has 3 fully saturated rings. The van der Waals surface area contributed by atoms with Gasteiger partial charge in [0, 0.05) is 24.1 Å². The van der Waals surface area contributed by atoms with E-state index in [1.807, 2.05) is 0 Å². The van der Waals surface area contributed by atoms with E-state index >= 15 is 0 Å². The third kappa shape index (κ3) is 10.4. The molecule has 3 aliphatic rings. The maximum Gasteiger partial charge on any atom is 0.287 e. The number of primary amides is 1. The molecule has 0 unspecified atom stereocenters. The Kier molecular flexibility index (Phi) is 12.6. The van der Waals surface area contributed by atoms with Crippen LogP contribution in [0.2, 0.25) is 0 Å². The number of nitrogens with zero attached hydrogens (tertiary/aromatic N) is 5. The minimum Gasteiger partial charge on any atom is -0.384 e. The molecule has 2 saturated heterocycles. The van der Waals surface area contributed by atoms with Crippen molar-refractivity contribution in [3.8, 4) is 0 Å². The first-order valence-electron chi connectivity index (χ1n) is 19.0. The minimum atomic E-state index is -3.91. The molecule has 0 radical (unpaired) electrons. The Balaban J connectivity index is 1.53. The van der Waals surface area contributed by atoms with Crippen molar-refractivity contribution in [1.29, 1.82) is 0 Å². The fourth-order valence-corrected chi connectivity index (χ4v) is 10.6. The van der Waals surface area contributed by atoms with Crippen LogP contribution in [0.1, 0.15) is 114 Å². The van der Waals surface area contributed by atoms with Crippen LogP contribution in [0.4, 0.5) is 0 Å². The highest BCUT2D eigenvalue weighted by atomic mass is 32.2. The fourth-order valence-electron chi connectivity index (χ4n) is 7.70. The molecule has 1 aromatic carbocycles. The summed E-state index contributed by atoms with van der Waals surface area (Å²) in [6.07, 6.45) is 4.91. The minimum absolute atomic E-state index is 0.00586. The van der Waals surface area contributed by atoms with Gasteiger partial charge >= 0.3 is 0 Å². The normalized spacial score (nSPS) is 21.9. The second-order valence-electron chi connectivity index (χ2n) is 16.9. The molecular weight excluding hydrogens is 781 g/mol. The molecule has 20 heteroatoms. The number of hydrogen-bond acceptors (Lipinski definition) is 12. The number of rotatable bonds is 12. The third-order valence-corrected chi connectivity index (χ3v) is 14.1. The molecule has 1 aromatic heterocycles. The largest absolute Gasteiger partial charge is 0.384 e. The molecule has 3 heterocycles. The van der Waals surface area contributed by atoms with E-state index < -0.39 is 102 Å². The van der Waals surface area contributed by atoms with E-state index in [0.717, 1.165) is 32.1 Å². The van der Waals surface area contributed by atoms with E-state index in [2.05, 4.69) is 25.3 Å². The van der Waals surface area contributed by atoms with E-state index in [9.17, 15) is 45.9 Å². The summed E-state index contributed by atoms with van der Waals surface area (Å²) in [5, 5.41) is 21.6. The molecule has 1 aliphatic carbocycles. The van der Waals surface area contributed by atoms with E-state index in [1.165, 1.54) is 53.9 Å². The number of aliphatic hydroxyl groups is 1. The number of nitrogens with one attached hydrogen (secondary N) is 2. The highest BCUT2D eigenvalue weighted by Gasteiger charge is 2.50. The number of Topliss-reactive ketones (excluding diaryl/α,β-unsaturated/α-hetero) is 1. The molecule has 4 amide bonds. The zero-order valence-corrected chi connectivity index (χ0v) is 34.5. The van der Waals surface area contributed by atoms with Crippen molar-refractivity contribution in [3.63, 3.8) is 0 Å². The van der Waals surface area contributed by atoms with Crippen molar-refractivity contribution in [2.75, 3.05) is 18.1 Å². The highest BCUT2D eigenvalue weighted by molar-refractivity contribution is 7.91. The van der Waals surface area contributed by atoms with Crippen molar-refractivity contribution in [2.45, 2.75) is 126 Å². The summed E-state index contributed by atoms with van der Waals surface area (Å²) in [5.74, 6) is -5.95. The van der Waals surface area contributed by atoms with Gasteiger partial charge in [-0.1, -0.05) is 37.3 Å². The van der Waals surface area contributed by atoms with E-state index in [4.69, 9.17) is 5.73 Å². The molecule has 0 bridgehead atoms. The number of carbonyl (C=O) groups excluding carboxylic acids is 5. The van der Waals surface area contributed by atoms with Gasteiger partial charge in [0.1, 0.15) is 22.9 Å². The Hall–Kier alpha value is -4.40. The van der Waals surface area contributed by atoms with Gasteiger partial charge in [0.2, 0.25) is 21.7 Å². The second-order valence-corrected chi connectivity index (χ2v) is 20.8. The molecule has 2 aromatic rings. The number of aliphatic imine (C=N–C) groups is 1. The quantitative estimate of drug-likeness (QED) is 0.173. The topological polar surface area (TPSA) is 270 Å². The maximum atomic E-state index is 14.8. The van der Waals surface area contributed by atoms with Gasteiger partial charge in [0.05, 0.1) is 34.3 Å². The SMILES string of the molecule is CC(C)(C)NS(=O)(=O)c1ccc(C(=O)N=C(CC2CCCCC2)C(=O)N2C[C@@H](n3nncc3C(C)(C)O)C[C@H]2C(=O)NC2(C(=O)C(N)=O)CCS(=O)(=O)CC2)cc1. The van der Waals surface area contributed by atoms with Crippen LogP contribution in [0.5, 0.6) is 0 Å². The predicted molar refractivity (Wildman–Crippen MR) is 207 cm³/mol. The molecule has 2 atom stereocenters. The monoisotopic (exact) mass is 832 g/mol. The summed E-state index contributed by atoms with van der Waals surface area (Å²) in [6, 6.07) is 3.05. The van der Waals surface area contributed by atoms with E-state index in [0.29, 0.717) is 0 Å². The predicted octanol–water partition coefficient (Wildman–Crippen LogP) is 1.09. The molecule has 5 N–H and O–H groups in total. The zero-order chi connectivity index (χ0) is 42.1. The molecule has 5 rings (SSSR count). The number of amides is 4. The van der Waals surface area contributed by atoms with Crippen molar-refractivity contribution in [1.82, 2.24) is 29.9 Å². The zero-order valence-electron chi connectivity index (χ0n) is 32.9. The average molecular weight is 833 g/mol. The van der Waals surface area contributed by atoms with Gasteiger partial charge in [-0.3, -0.25) is 24.0 Å². The molecule has 18 nitrogen and oxygen atoms in total. The molecule has 312 valence electrons. The van der Waals surface area contributed by atoms with Crippen molar-refractivity contribution in [3.05, 3.63) is 41.7 Å². The Morgan fingerprint density at radius 2 is 1.61 bits per heavy atom. The molecule has 0 spiro atoms. The number of likely N-dealkylation sites (tertiary alicyclic amines) is 1. The lowest BCUT2D eigenvalue weighted by atomic mass is 9.85. The van der Waals surface area contributed by atoms with Crippen LogP contribution in [0.15, 0.2) is 40.4 Å². The van der Waals surface area contributed by atoms with Gasteiger partial charge < -0.3 is 21.1 Å². The van der Waals surface area contributed by atoms with Crippen LogP contribution in [0.25, 0.3) is 0 Å². The van der Waals surface area contributed by atoms with Crippen LogP contribution >= 0.6 is 0 Å². The average Bonchev–Trinajstić information content (AvgIpc) is 3.80. The van der Waals surface area contributed by atoms with Gasteiger partial charge in [-0.15, -0.1) is 5.10 Å². The molecule has 1 saturated carbocycles. The first-order valence-corrected chi connectivity index (χ1v) is 22.3. The summed E-state index contributed by atoms with van der Waals surface area (Å²) in [6.45, 7) is 7.95. The van der Waals surface area contributed by atoms with Crippen LogP contribution in [0, 0.1) is 5.92 Å². The fraction of sp³-hybridized carbons (Fsp3) is 0.622. The Morgan fingerprint density at radius 3 is 2.18 bits per heavy atom. The van der Waals surface area contributed by atoms with Crippen LogP contribution in [-0.2, 0) is 44.6 Å². The standard InChI is InChI=1S/C37H52N8O10S2/c1-35(2,3)42-57(54,55)26-13-11-24(12-14-26)32(48)40-27(19-23-9-7-6-8-10-23)34(50)44-22-25(45-29(21-39-43-45)36(4,5)51)20-28(44)33(49)41-37(30(46)31(38)47)15-17-56(52,53)18-16-37/h11-14,21,23,25,28,42,51H,6-10,15-20,22H2,1-5H3,(H2,38,47)(H,41,49)/t25-,28-/m0/s1. The number of sulfone groups is 1. The lowest BCUT2D eigenvalue weighted by Gasteiger charge is -2.37. The van der Waals surface area contributed by atoms with Gasteiger partial charge in [0.15, 0.2) is 9.84 Å². The van der Waals surface area contributed by atoms with Crippen molar-refractivity contribution >= 4 is 55.0 Å². The maximum absolute atomic E-state index is 14.8. The smallest absolute Gasteiger partial charge is 0.287 e. The molecular formula is C37H52N8O10S2. The van der Waals surface area contributed by atoms with Crippen molar-refractivity contribution in [2.24, 2.45) is 16.6 Å². The van der Waals surface area contributed by atoms with Crippen molar-refractivity contribution < 1.29 is 45.9 Å². The Morgan fingerprint density at radius 1 is 1.00 bits per heavy atom. The van der Waals surface area contributed by atoms with E-state index in [1.54, 1.807) is 20.8 Å². The van der Waals surface area contributed by atoms with Gasteiger partial charge in [-0.05, 0) is 84.1 Å². The number of hydrogen-bond donors (Lipinski definition) is 4. The highest BCUT2D eigenvalue weighted by Crippen LogP contribution is 2.34. The first kappa shape index (κ1) is 43.7. The second kappa shape index (κ2) is 16.5. The van der Waals surface area contributed by atoms with Crippen LogP contribution < -0.4 is 15.8 Å². The number of nitrogens with two attached hydrogens (primary N) is 1. The summed E-state index contributed by atoms with van der Waals surface area (Å²) in [7, 11) is -7.48. The summed E-state index contributed by atoms with van der Waals surface area (Å²) in [5.41, 5.74) is 1.41. The van der Waals surface area contributed by atoms with Gasteiger partial charge in [0.25, 0.3) is 17.7 Å². The summed E-state index contributed by atoms with van der Waals surface area (Å²) >= 11 is 0. The lowest BCUT2D eigenvalue weighted by molar-refractivity contribution is -0.143. The number of ketones is 1. The summed E-state index contributed by atoms with van der Waals surface area (Å²) in [4.78, 5) is 73.7. The number of benzene rings is 1. The third-order valence-electron chi connectivity index (χ3n) is 10.6. The van der Waals surface area contributed by atoms with Gasteiger partial charge in [-0.2, -0.15) is 0 Å². The van der Waals surface area contributed by atoms with Gasteiger partial charge in [-0.25, -0.2) is 31.2 Å².